The maximum absolute atomic E-state index is 13.7. The van der Waals surface area contributed by atoms with E-state index >= 15 is 0 Å². The number of rotatable bonds is 4. The van der Waals surface area contributed by atoms with E-state index in [1.807, 2.05) is 11.8 Å². The van der Waals surface area contributed by atoms with Crippen LogP contribution in [0.1, 0.15) is 30.5 Å². The first-order valence-electron chi connectivity index (χ1n) is 10.3. The first kappa shape index (κ1) is 20.7. The van der Waals surface area contributed by atoms with Crippen molar-refractivity contribution in [3.8, 4) is 6.01 Å². The van der Waals surface area contributed by atoms with E-state index in [1.165, 1.54) is 6.07 Å². The zero-order chi connectivity index (χ0) is 21.3. The highest BCUT2D eigenvalue weighted by atomic mass is 19.4. The maximum Gasteiger partial charge on any atom is 0.416 e. The normalized spacial score (nSPS) is 19.6. The van der Waals surface area contributed by atoms with E-state index < -0.39 is 11.7 Å². The molecule has 1 aromatic heterocycles. The van der Waals surface area contributed by atoms with Crippen molar-refractivity contribution >= 4 is 11.4 Å². The van der Waals surface area contributed by atoms with Crippen molar-refractivity contribution in [2.24, 2.45) is 0 Å². The molecule has 3 heterocycles. The van der Waals surface area contributed by atoms with E-state index in [4.69, 9.17) is 4.74 Å². The van der Waals surface area contributed by atoms with Crippen molar-refractivity contribution in [2.75, 3.05) is 42.6 Å². The second-order valence-electron chi connectivity index (χ2n) is 7.72. The van der Waals surface area contributed by atoms with E-state index in [1.54, 1.807) is 18.5 Å². The smallest absolute Gasteiger partial charge is 0.416 e. The number of aromatic nitrogens is 2. The zero-order valence-corrected chi connectivity index (χ0v) is 17.2. The lowest BCUT2D eigenvalue weighted by atomic mass is 9.91. The largest absolute Gasteiger partial charge is 0.464 e. The lowest BCUT2D eigenvalue weighted by Gasteiger charge is -2.39. The van der Waals surface area contributed by atoms with E-state index in [0.29, 0.717) is 37.7 Å². The van der Waals surface area contributed by atoms with Gasteiger partial charge in [0, 0.05) is 44.5 Å². The average Bonchev–Trinajstić information content (AvgIpc) is 2.72. The molecule has 2 aliphatic heterocycles. The predicted molar refractivity (Wildman–Crippen MR) is 109 cm³/mol. The zero-order valence-electron chi connectivity index (χ0n) is 17.2. The van der Waals surface area contributed by atoms with Gasteiger partial charge in [-0.25, -0.2) is 9.97 Å². The number of ether oxygens (including phenoxy) is 1. The fraction of sp³-hybridized carbons (Fsp3) is 0.524. The molecule has 1 N–H and O–H groups in total. The molecule has 0 bridgehead atoms. The van der Waals surface area contributed by atoms with Gasteiger partial charge in [0.1, 0.15) is 0 Å². The Balaban J connectivity index is 1.69. The third kappa shape index (κ3) is 4.16. The first-order valence-corrected chi connectivity index (χ1v) is 10.3. The molecule has 2 aromatic rings. The van der Waals surface area contributed by atoms with Gasteiger partial charge >= 0.3 is 12.2 Å². The molecule has 1 saturated heterocycles. The van der Waals surface area contributed by atoms with Crippen LogP contribution in [-0.4, -0.2) is 48.8 Å². The van der Waals surface area contributed by atoms with Gasteiger partial charge in [-0.1, -0.05) is 0 Å². The van der Waals surface area contributed by atoms with Gasteiger partial charge in [0.05, 0.1) is 30.3 Å². The van der Waals surface area contributed by atoms with Crippen molar-refractivity contribution in [1.82, 2.24) is 15.3 Å². The van der Waals surface area contributed by atoms with Crippen LogP contribution in [0.3, 0.4) is 0 Å². The summed E-state index contributed by atoms with van der Waals surface area (Å²) >= 11 is 0. The molecular weight excluding hydrogens is 395 g/mol. The number of hydrogen-bond donors (Lipinski definition) is 1. The van der Waals surface area contributed by atoms with Gasteiger partial charge in [0.15, 0.2) is 0 Å². The molecule has 0 aliphatic carbocycles. The van der Waals surface area contributed by atoms with Gasteiger partial charge in [0.2, 0.25) is 0 Å². The fourth-order valence-corrected chi connectivity index (χ4v) is 4.27. The van der Waals surface area contributed by atoms with Gasteiger partial charge in [-0.15, -0.1) is 0 Å². The summed E-state index contributed by atoms with van der Waals surface area (Å²) < 4.78 is 46.3. The summed E-state index contributed by atoms with van der Waals surface area (Å²) in [6, 6.07) is 3.47. The van der Waals surface area contributed by atoms with E-state index in [2.05, 4.69) is 27.1 Å². The molecule has 162 valence electrons. The summed E-state index contributed by atoms with van der Waals surface area (Å²) in [6.07, 6.45) is -0.692. The minimum atomic E-state index is -4.36. The predicted octanol–water partition coefficient (Wildman–Crippen LogP) is 3.25. The summed E-state index contributed by atoms with van der Waals surface area (Å²) in [7, 11) is 0. The molecule has 0 spiro atoms. The van der Waals surface area contributed by atoms with Gasteiger partial charge in [-0.2, -0.15) is 13.2 Å². The SMILES string of the molecule is CCOc1ncc(N2CCc3c(C(F)(F)F)ccc(N4CCNC(C)C4)c3C2)cn1. The molecule has 0 radical (unpaired) electrons. The van der Waals surface area contributed by atoms with Gasteiger partial charge in [-0.3, -0.25) is 0 Å². The van der Waals surface area contributed by atoms with E-state index in [-0.39, 0.29) is 6.04 Å². The summed E-state index contributed by atoms with van der Waals surface area (Å²) in [6.45, 7) is 7.65. The second kappa shape index (κ2) is 8.29. The number of hydrogen-bond acceptors (Lipinski definition) is 6. The number of fused-ring (bicyclic) bond motifs is 1. The van der Waals surface area contributed by atoms with Crippen molar-refractivity contribution in [1.29, 1.82) is 0 Å². The van der Waals surface area contributed by atoms with Crippen molar-refractivity contribution in [2.45, 2.75) is 39.0 Å². The number of anilines is 2. The lowest BCUT2D eigenvalue weighted by molar-refractivity contribution is -0.138. The Morgan fingerprint density at radius 3 is 2.57 bits per heavy atom. The molecule has 0 saturated carbocycles. The molecule has 30 heavy (non-hydrogen) atoms. The van der Waals surface area contributed by atoms with Crippen LogP contribution < -0.4 is 19.9 Å². The third-order valence-electron chi connectivity index (χ3n) is 5.66. The molecule has 1 fully saturated rings. The molecule has 4 rings (SSSR count). The van der Waals surface area contributed by atoms with Crippen molar-refractivity contribution in [3.63, 3.8) is 0 Å². The van der Waals surface area contributed by atoms with Gasteiger partial charge in [-0.05, 0) is 43.5 Å². The van der Waals surface area contributed by atoms with Crippen LogP contribution in [0.15, 0.2) is 24.5 Å². The maximum atomic E-state index is 13.7. The molecule has 1 atom stereocenters. The standard InChI is InChI=1S/C21H26F3N5O/c1-3-30-20-26-10-15(11-27-20)28-8-6-16-17(13-28)19(5-4-18(16)21(22,23)24)29-9-7-25-14(2)12-29/h4-5,10-11,14,25H,3,6-9,12-13H2,1-2H3. The number of halogens is 3. The van der Waals surface area contributed by atoms with Crippen LogP contribution in [-0.2, 0) is 19.1 Å². The number of nitrogens with one attached hydrogen (secondary N) is 1. The molecule has 1 aromatic carbocycles. The van der Waals surface area contributed by atoms with Gasteiger partial charge < -0.3 is 19.9 Å². The van der Waals surface area contributed by atoms with Crippen LogP contribution in [0.4, 0.5) is 24.5 Å². The van der Waals surface area contributed by atoms with Crippen molar-refractivity contribution in [3.05, 3.63) is 41.2 Å². The number of piperazine rings is 1. The molecular formula is C21H26F3N5O. The number of alkyl halides is 3. The molecule has 6 nitrogen and oxygen atoms in total. The Morgan fingerprint density at radius 2 is 1.90 bits per heavy atom. The van der Waals surface area contributed by atoms with E-state index in [0.717, 1.165) is 36.6 Å². The highest BCUT2D eigenvalue weighted by Crippen LogP contribution is 2.40. The Labute approximate surface area is 174 Å². The van der Waals surface area contributed by atoms with Crippen LogP contribution in [0.5, 0.6) is 6.01 Å². The summed E-state index contributed by atoms with van der Waals surface area (Å²) in [4.78, 5) is 12.6. The Hall–Kier alpha value is -2.55. The molecule has 0 amide bonds. The van der Waals surface area contributed by atoms with Gasteiger partial charge in [0.25, 0.3) is 0 Å². The summed E-state index contributed by atoms with van der Waals surface area (Å²) in [5, 5.41) is 3.39. The fourth-order valence-electron chi connectivity index (χ4n) is 4.27. The Bertz CT molecular complexity index is 887. The monoisotopic (exact) mass is 421 g/mol. The average molecular weight is 421 g/mol. The quantitative estimate of drug-likeness (QED) is 0.818. The third-order valence-corrected chi connectivity index (χ3v) is 5.66. The topological polar surface area (TPSA) is 53.5 Å². The lowest BCUT2D eigenvalue weighted by Crippen LogP contribution is -2.50. The Morgan fingerprint density at radius 1 is 1.13 bits per heavy atom. The molecule has 9 heteroatoms. The molecule has 1 unspecified atom stereocenters. The minimum Gasteiger partial charge on any atom is -0.464 e. The van der Waals surface area contributed by atoms with Crippen molar-refractivity contribution < 1.29 is 17.9 Å². The van der Waals surface area contributed by atoms with Crippen LogP contribution in [0.2, 0.25) is 0 Å². The Kier molecular flexibility index (Phi) is 5.73. The minimum absolute atomic E-state index is 0.288. The second-order valence-corrected chi connectivity index (χ2v) is 7.72. The highest BCUT2D eigenvalue weighted by molar-refractivity contribution is 5.63. The number of nitrogens with zero attached hydrogens (tertiary/aromatic N) is 4. The first-order chi connectivity index (χ1) is 14.4. The van der Waals surface area contributed by atoms with Crippen LogP contribution >= 0.6 is 0 Å². The van der Waals surface area contributed by atoms with Crippen LogP contribution in [0, 0.1) is 0 Å². The van der Waals surface area contributed by atoms with Crippen LogP contribution in [0.25, 0.3) is 0 Å². The van der Waals surface area contributed by atoms with E-state index in [9.17, 15) is 13.2 Å². The molecule has 2 aliphatic rings. The summed E-state index contributed by atoms with van der Waals surface area (Å²) in [5.41, 5.74) is 2.31. The number of benzene rings is 1. The summed E-state index contributed by atoms with van der Waals surface area (Å²) in [5.74, 6) is 0. The highest BCUT2D eigenvalue weighted by Gasteiger charge is 2.37.